The second kappa shape index (κ2) is 6.70. The van der Waals surface area contributed by atoms with Crippen molar-refractivity contribution in [3.8, 4) is 0 Å². The number of anilines is 1. The molecule has 0 bridgehead atoms. The summed E-state index contributed by atoms with van der Waals surface area (Å²) in [5.74, 6) is -0.377. The van der Waals surface area contributed by atoms with E-state index in [1.165, 1.54) is 0 Å². The van der Waals surface area contributed by atoms with Gasteiger partial charge >= 0.3 is 6.03 Å². The van der Waals surface area contributed by atoms with Gasteiger partial charge in [0.2, 0.25) is 0 Å². The van der Waals surface area contributed by atoms with Crippen molar-refractivity contribution < 1.29 is 13.6 Å². The normalized spacial score (nSPS) is 14.0. The first-order chi connectivity index (χ1) is 12.6. The van der Waals surface area contributed by atoms with E-state index in [1.807, 2.05) is 18.2 Å². The van der Waals surface area contributed by atoms with Gasteiger partial charge in [0.15, 0.2) is 5.82 Å². The van der Waals surface area contributed by atoms with Gasteiger partial charge in [0.1, 0.15) is 0 Å². The molecule has 2 heterocycles. The van der Waals surface area contributed by atoms with Crippen LogP contribution in [-0.2, 0) is 6.54 Å². The zero-order chi connectivity index (χ0) is 18.1. The lowest BCUT2D eigenvalue weighted by atomic mass is 10.3. The number of nitrogens with zero attached hydrogens (tertiary/aromatic N) is 3. The van der Waals surface area contributed by atoms with E-state index >= 15 is 0 Å². The van der Waals surface area contributed by atoms with Gasteiger partial charge in [0.05, 0.1) is 23.3 Å². The van der Waals surface area contributed by atoms with Gasteiger partial charge in [-0.25, -0.2) is 18.6 Å². The highest BCUT2D eigenvalue weighted by atomic mass is 19.3. The van der Waals surface area contributed by atoms with E-state index in [4.69, 9.17) is 0 Å². The zero-order valence-corrected chi connectivity index (χ0v) is 13.8. The summed E-state index contributed by atoms with van der Waals surface area (Å²) in [5, 5.41) is 2.84. The molecular formula is C18H17F2N5O. The van der Waals surface area contributed by atoms with Crippen LogP contribution in [0.1, 0.15) is 30.8 Å². The van der Waals surface area contributed by atoms with Gasteiger partial charge < -0.3 is 15.2 Å². The molecule has 134 valence electrons. The number of hydrogen-bond acceptors (Lipinski definition) is 3. The van der Waals surface area contributed by atoms with E-state index in [1.54, 1.807) is 29.3 Å². The van der Waals surface area contributed by atoms with Crippen LogP contribution in [0.3, 0.4) is 0 Å². The van der Waals surface area contributed by atoms with Crippen molar-refractivity contribution in [2.75, 3.05) is 5.32 Å². The number of halogens is 2. The fourth-order valence-corrected chi connectivity index (χ4v) is 2.82. The van der Waals surface area contributed by atoms with Crippen LogP contribution in [0.15, 0.2) is 42.6 Å². The number of H-pyrrole nitrogens is 1. The molecule has 1 fully saturated rings. The largest absolute Gasteiger partial charge is 0.337 e. The summed E-state index contributed by atoms with van der Waals surface area (Å²) in [6.07, 6.45) is 0.976. The van der Waals surface area contributed by atoms with Crippen molar-refractivity contribution >= 4 is 22.8 Å². The SMILES string of the molecule is O=C(Nc1ccc2nc(C(F)F)[nH]c2c1)N(Cc1ccccn1)C1CC1. The molecular weight excluding hydrogens is 340 g/mol. The minimum absolute atomic E-state index is 0.207. The number of fused-ring (bicyclic) bond motifs is 1. The van der Waals surface area contributed by atoms with Crippen molar-refractivity contribution in [3.05, 3.63) is 54.1 Å². The van der Waals surface area contributed by atoms with Gasteiger partial charge in [0, 0.05) is 17.9 Å². The maximum Gasteiger partial charge on any atom is 0.322 e. The molecule has 1 aliphatic carbocycles. The van der Waals surface area contributed by atoms with Gasteiger partial charge in [-0.1, -0.05) is 6.07 Å². The standard InChI is InChI=1S/C18H17F2N5O/c19-16(20)17-23-14-7-4-11(9-15(14)24-17)22-18(26)25(13-5-6-13)10-12-3-1-2-8-21-12/h1-4,7-9,13,16H,5-6,10H2,(H,22,26)(H,23,24). The zero-order valence-electron chi connectivity index (χ0n) is 13.8. The fourth-order valence-electron chi connectivity index (χ4n) is 2.82. The molecule has 6 nitrogen and oxygen atoms in total. The average Bonchev–Trinajstić information content (AvgIpc) is 3.38. The Balaban J connectivity index is 1.51. The molecule has 0 atom stereocenters. The Kier molecular flexibility index (Phi) is 4.24. The van der Waals surface area contributed by atoms with Crippen LogP contribution in [0.25, 0.3) is 11.0 Å². The maximum atomic E-state index is 12.7. The number of aromatic nitrogens is 3. The maximum absolute atomic E-state index is 12.7. The van der Waals surface area contributed by atoms with E-state index < -0.39 is 6.43 Å². The van der Waals surface area contributed by atoms with Crippen molar-refractivity contribution in [2.45, 2.75) is 31.9 Å². The van der Waals surface area contributed by atoms with Crippen LogP contribution >= 0.6 is 0 Å². The predicted octanol–water partition coefficient (Wildman–Crippen LogP) is 4.09. The second-order valence-corrected chi connectivity index (χ2v) is 6.26. The van der Waals surface area contributed by atoms with Crippen LogP contribution < -0.4 is 5.32 Å². The first kappa shape index (κ1) is 16.4. The Morgan fingerprint density at radius 2 is 2.15 bits per heavy atom. The molecule has 8 heteroatoms. The fraction of sp³-hybridized carbons (Fsp3) is 0.278. The number of benzene rings is 1. The monoisotopic (exact) mass is 357 g/mol. The number of carbonyl (C=O) groups is 1. The molecule has 1 saturated carbocycles. The molecule has 0 aliphatic heterocycles. The van der Waals surface area contributed by atoms with Gasteiger partial charge in [-0.05, 0) is 43.2 Å². The van der Waals surface area contributed by atoms with Gasteiger partial charge in [0.25, 0.3) is 6.43 Å². The van der Waals surface area contributed by atoms with Crippen LogP contribution in [0.4, 0.5) is 19.3 Å². The number of amides is 2. The smallest absolute Gasteiger partial charge is 0.322 e. The Labute approximate surface area is 148 Å². The predicted molar refractivity (Wildman–Crippen MR) is 92.9 cm³/mol. The van der Waals surface area contributed by atoms with E-state index in [2.05, 4.69) is 20.3 Å². The first-order valence-corrected chi connectivity index (χ1v) is 8.35. The Hall–Kier alpha value is -3.03. The van der Waals surface area contributed by atoms with Crippen molar-refractivity contribution in [2.24, 2.45) is 0 Å². The highest BCUT2D eigenvalue weighted by molar-refractivity contribution is 5.92. The summed E-state index contributed by atoms with van der Waals surface area (Å²) in [6.45, 7) is 0.430. The van der Waals surface area contributed by atoms with Crippen LogP contribution in [-0.4, -0.2) is 31.9 Å². The first-order valence-electron chi connectivity index (χ1n) is 8.35. The molecule has 4 rings (SSSR count). The molecule has 0 spiro atoms. The number of urea groups is 1. The van der Waals surface area contributed by atoms with Gasteiger partial charge in [-0.15, -0.1) is 0 Å². The quantitative estimate of drug-likeness (QED) is 0.722. The lowest BCUT2D eigenvalue weighted by Gasteiger charge is -2.22. The Morgan fingerprint density at radius 1 is 1.31 bits per heavy atom. The van der Waals surface area contributed by atoms with Gasteiger partial charge in [-0.3, -0.25) is 4.98 Å². The topological polar surface area (TPSA) is 73.9 Å². The van der Waals surface area contributed by atoms with Gasteiger partial charge in [-0.2, -0.15) is 0 Å². The Morgan fingerprint density at radius 3 is 2.85 bits per heavy atom. The third kappa shape index (κ3) is 3.49. The molecule has 2 amide bonds. The number of rotatable bonds is 5. The highest BCUT2D eigenvalue weighted by Gasteiger charge is 2.33. The number of nitrogens with one attached hydrogen (secondary N) is 2. The lowest BCUT2D eigenvalue weighted by molar-refractivity contribution is 0.142. The number of aromatic amines is 1. The number of imidazole rings is 1. The number of pyridine rings is 1. The van der Waals surface area contributed by atoms with Crippen LogP contribution in [0.2, 0.25) is 0 Å². The minimum Gasteiger partial charge on any atom is -0.337 e. The molecule has 2 aromatic heterocycles. The third-order valence-electron chi connectivity index (χ3n) is 4.27. The summed E-state index contributed by atoms with van der Waals surface area (Å²) in [5.41, 5.74) is 2.24. The molecule has 1 aromatic carbocycles. The van der Waals surface area contributed by atoms with Crippen molar-refractivity contribution in [3.63, 3.8) is 0 Å². The van der Waals surface area contributed by atoms with E-state index in [0.717, 1.165) is 18.5 Å². The molecule has 0 radical (unpaired) electrons. The second-order valence-electron chi connectivity index (χ2n) is 6.26. The summed E-state index contributed by atoms with van der Waals surface area (Å²) >= 11 is 0. The third-order valence-corrected chi connectivity index (χ3v) is 4.27. The summed E-state index contributed by atoms with van der Waals surface area (Å²) in [6, 6.07) is 10.4. The summed E-state index contributed by atoms with van der Waals surface area (Å²) < 4.78 is 25.5. The summed E-state index contributed by atoms with van der Waals surface area (Å²) in [7, 11) is 0. The summed E-state index contributed by atoms with van der Waals surface area (Å²) in [4.78, 5) is 25.1. The lowest BCUT2D eigenvalue weighted by Crippen LogP contribution is -2.36. The van der Waals surface area contributed by atoms with E-state index in [0.29, 0.717) is 23.3 Å². The molecule has 1 aliphatic rings. The van der Waals surface area contributed by atoms with Crippen LogP contribution in [0, 0.1) is 0 Å². The molecule has 3 aromatic rings. The number of alkyl halides is 2. The average molecular weight is 357 g/mol. The molecule has 0 saturated heterocycles. The number of hydrogen-bond donors (Lipinski definition) is 2. The minimum atomic E-state index is -2.66. The molecule has 26 heavy (non-hydrogen) atoms. The van der Waals surface area contributed by atoms with Crippen molar-refractivity contribution in [1.82, 2.24) is 19.9 Å². The molecule has 0 unspecified atom stereocenters. The Bertz CT molecular complexity index is 924. The van der Waals surface area contributed by atoms with Crippen LogP contribution in [0.5, 0.6) is 0 Å². The number of carbonyl (C=O) groups excluding carboxylic acids is 1. The highest BCUT2D eigenvalue weighted by Crippen LogP contribution is 2.29. The molecule has 2 N–H and O–H groups in total. The van der Waals surface area contributed by atoms with E-state index in [-0.39, 0.29) is 17.9 Å². The van der Waals surface area contributed by atoms with E-state index in [9.17, 15) is 13.6 Å². The van der Waals surface area contributed by atoms with Crippen molar-refractivity contribution in [1.29, 1.82) is 0 Å².